The van der Waals surface area contributed by atoms with Gasteiger partial charge in [-0.15, -0.1) is 0 Å². The first-order chi connectivity index (χ1) is 14.7. The Morgan fingerprint density at radius 1 is 1.03 bits per heavy atom. The van der Waals surface area contributed by atoms with Gasteiger partial charge in [0, 0.05) is 13.6 Å². The van der Waals surface area contributed by atoms with E-state index in [9.17, 15) is 9.59 Å². The quantitative estimate of drug-likeness (QED) is 0.521. The molecular formula is C25H33NO5. The maximum Gasteiger partial charge on any atom is 0.338 e. The van der Waals surface area contributed by atoms with Gasteiger partial charge in [0.15, 0.2) is 18.1 Å². The SMILES string of the molecule is COc1cc(C(=O)OCC(=O)N(C)Cc2ccc(C)cc2C)ccc1OCCC(C)C. The number of likely N-dealkylation sites (N-methyl/N-ethyl adjacent to an activating group) is 1. The molecular weight excluding hydrogens is 394 g/mol. The third kappa shape index (κ3) is 7.31. The van der Waals surface area contributed by atoms with E-state index in [4.69, 9.17) is 14.2 Å². The normalized spacial score (nSPS) is 10.7. The maximum atomic E-state index is 12.4. The number of methoxy groups -OCH3 is 1. The zero-order valence-electron chi connectivity index (χ0n) is 19.4. The Morgan fingerprint density at radius 2 is 1.77 bits per heavy atom. The maximum absolute atomic E-state index is 12.4. The molecule has 2 rings (SSSR count). The fraction of sp³-hybridized carbons (Fsp3) is 0.440. The highest BCUT2D eigenvalue weighted by Gasteiger charge is 2.16. The Morgan fingerprint density at radius 3 is 2.42 bits per heavy atom. The van der Waals surface area contributed by atoms with E-state index < -0.39 is 5.97 Å². The number of benzene rings is 2. The van der Waals surface area contributed by atoms with E-state index in [1.54, 1.807) is 30.1 Å². The van der Waals surface area contributed by atoms with Crippen LogP contribution >= 0.6 is 0 Å². The fourth-order valence-electron chi connectivity index (χ4n) is 3.01. The molecule has 1 amide bonds. The Hall–Kier alpha value is -3.02. The summed E-state index contributed by atoms with van der Waals surface area (Å²) in [4.78, 5) is 26.4. The van der Waals surface area contributed by atoms with Crippen LogP contribution in [-0.2, 0) is 16.1 Å². The molecule has 2 aromatic rings. The zero-order chi connectivity index (χ0) is 23.0. The van der Waals surface area contributed by atoms with Gasteiger partial charge in [0.2, 0.25) is 0 Å². The molecule has 6 nitrogen and oxygen atoms in total. The van der Waals surface area contributed by atoms with Crippen LogP contribution in [0.4, 0.5) is 0 Å². The summed E-state index contributed by atoms with van der Waals surface area (Å²) in [6.45, 7) is 9.00. The van der Waals surface area contributed by atoms with Crippen molar-refractivity contribution < 1.29 is 23.8 Å². The zero-order valence-corrected chi connectivity index (χ0v) is 19.4. The number of aryl methyl sites for hydroxylation is 2. The number of amides is 1. The molecule has 0 saturated carbocycles. The molecule has 0 saturated heterocycles. The second-order valence-electron chi connectivity index (χ2n) is 8.15. The minimum atomic E-state index is -0.583. The first-order valence-corrected chi connectivity index (χ1v) is 10.5. The molecule has 0 N–H and O–H groups in total. The Balaban J connectivity index is 1.92. The summed E-state index contributed by atoms with van der Waals surface area (Å²) in [5.74, 6) is 0.709. The number of ether oxygens (including phenoxy) is 3. The molecule has 168 valence electrons. The van der Waals surface area contributed by atoms with E-state index in [0.717, 1.165) is 17.5 Å². The second-order valence-corrected chi connectivity index (χ2v) is 8.15. The third-order valence-corrected chi connectivity index (χ3v) is 5.01. The van der Waals surface area contributed by atoms with E-state index >= 15 is 0 Å². The molecule has 0 aliphatic heterocycles. The van der Waals surface area contributed by atoms with Crippen molar-refractivity contribution >= 4 is 11.9 Å². The molecule has 0 fully saturated rings. The first-order valence-electron chi connectivity index (χ1n) is 10.5. The van der Waals surface area contributed by atoms with E-state index in [1.807, 2.05) is 26.0 Å². The van der Waals surface area contributed by atoms with E-state index in [2.05, 4.69) is 19.9 Å². The summed E-state index contributed by atoms with van der Waals surface area (Å²) in [6.07, 6.45) is 0.921. The van der Waals surface area contributed by atoms with Crippen molar-refractivity contribution in [2.75, 3.05) is 27.4 Å². The van der Waals surface area contributed by atoms with E-state index in [0.29, 0.717) is 36.1 Å². The van der Waals surface area contributed by atoms with Gasteiger partial charge in [0.1, 0.15) is 0 Å². The van der Waals surface area contributed by atoms with Gasteiger partial charge in [0.05, 0.1) is 19.3 Å². The van der Waals surface area contributed by atoms with Crippen molar-refractivity contribution in [1.82, 2.24) is 4.90 Å². The van der Waals surface area contributed by atoms with Gasteiger partial charge in [0.25, 0.3) is 5.91 Å². The molecule has 0 bridgehead atoms. The van der Waals surface area contributed by atoms with Gasteiger partial charge < -0.3 is 19.1 Å². The molecule has 0 aliphatic carbocycles. The molecule has 0 unspecified atom stereocenters. The van der Waals surface area contributed by atoms with Crippen molar-refractivity contribution in [3.63, 3.8) is 0 Å². The van der Waals surface area contributed by atoms with E-state index in [-0.39, 0.29) is 12.5 Å². The highest BCUT2D eigenvalue weighted by Crippen LogP contribution is 2.28. The molecule has 0 spiro atoms. The molecule has 0 atom stereocenters. The number of rotatable bonds is 10. The topological polar surface area (TPSA) is 65.1 Å². The number of hydrogen-bond donors (Lipinski definition) is 0. The molecule has 6 heteroatoms. The van der Waals surface area contributed by atoms with Gasteiger partial charge in [-0.1, -0.05) is 37.6 Å². The molecule has 0 aromatic heterocycles. The molecule has 31 heavy (non-hydrogen) atoms. The smallest absolute Gasteiger partial charge is 0.338 e. The van der Waals surface area contributed by atoms with Crippen LogP contribution in [0.15, 0.2) is 36.4 Å². The lowest BCUT2D eigenvalue weighted by atomic mass is 10.1. The first kappa shape index (κ1) is 24.3. The van der Waals surface area contributed by atoms with Crippen LogP contribution in [0.25, 0.3) is 0 Å². The minimum absolute atomic E-state index is 0.270. The number of hydrogen-bond acceptors (Lipinski definition) is 5. The summed E-state index contributed by atoms with van der Waals surface area (Å²) in [7, 11) is 3.22. The standard InChI is InChI=1S/C25H33NO5/c1-17(2)11-12-30-22-10-9-20(14-23(22)29-6)25(28)31-16-24(27)26(5)15-21-8-7-18(3)13-19(21)4/h7-10,13-14,17H,11-12,15-16H2,1-6H3. The third-order valence-electron chi connectivity index (χ3n) is 5.01. The molecule has 2 aromatic carbocycles. The van der Waals surface area contributed by atoms with Crippen LogP contribution in [-0.4, -0.2) is 44.1 Å². The number of esters is 1. The number of carbonyl (C=O) groups is 2. The number of nitrogens with zero attached hydrogens (tertiary/aromatic N) is 1. The van der Waals surface area contributed by atoms with Gasteiger partial charge in [-0.05, 0) is 55.5 Å². The predicted octanol–water partition coefficient (Wildman–Crippen LogP) is 4.55. The molecule has 0 aliphatic rings. The van der Waals surface area contributed by atoms with Gasteiger partial charge in [-0.3, -0.25) is 4.79 Å². The van der Waals surface area contributed by atoms with Crippen LogP contribution in [0.1, 0.15) is 47.3 Å². The van der Waals surface area contributed by atoms with E-state index in [1.165, 1.54) is 12.7 Å². The van der Waals surface area contributed by atoms with Crippen LogP contribution in [0.5, 0.6) is 11.5 Å². The van der Waals surface area contributed by atoms with Crippen molar-refractivity contribution in [2.45, 2.75) is 40.7 Å². The lowest BCUT2D eigenvalue weighted by Crippen LogP contribution is -2.31. The average Bonchev–Trinajstić information content (AvgIpc) is 2.73. The molecule has 0 heterocycles. The summed E-state index contributed by atoms with van der Waals surface area (Å²) in [5, 5.41) is 0. The van der Waals surface area contributed by atoms with Crippen molar-refractivity contribution in [1.29, 1.82) is 0 Å². The largest absolute Gasteiger partial charge is 0.493 e. The van der Waals surface area contributed by atoms with Crippen molar-refractivity contribution in [3.05, 3.63) is 58.7 Å². The Kier molecular flexibility index (Phi) is 8.91. The van der Waals surface area contributed by atoms with Crippen molar-refractivity contribution in [3.8, 4) is 11.5 Å². The lowest BCUT2D eigenvalue weighted by Gasteiger charge is -2.19. The lowest BCUT2D eigenvalue weighted by molar-refractivity contribution is -0.133. The van der Waals surface area contributed by atoms with Gasteiger partial charge >= 0.3 is 5.97 Å². The monoisotopic (exact) mass is 427 g/mol. The summed E-state index contributed by atoms with van der Waals surface area (Å²) < 4.78 is 16.3. The highest BCUT2D eigenvalue weighted by atomic mass is 16.5. The highest BCUT2D eigenvalue weighted by molar-refractivity contribution is 5.92. The summed E-state index contributed by atoms with van der Waals surface area (Å²) >= 11 is 0. The predicted molar refractivity (Wildman–Crippen MR) is 121 cm³/mol. The van der Waals surface area contributed by atoms with Crippen LogP contribution in [0, 0.1) is 19.8 Å². The second kappa shape index (κ2) is 11.4. The minimum Gasteiger partial charge on any atom is -0.493 e. The van der Waals surface area contributed by atoms with Gasteiger partial charge in [-0.25, -0.2) is 4.79 Å². The Bertz CT molecular complexity index is 907. The fourth-order valence-corrected chi connectivity index (χ4v) is 3.01. The summed E-state index contributed by atoms with van der Waals surface area (Å²) in [5.41, 5.74) is 3.67. The Labute approximate surface area is 185 Å². The van der Waals surface area contributed by atoms with Crippen LogP contribution in [0.3, 0.4) is 0 Å². The van der Waals surface area contributed by atoms with Crippen molar-refractivity contribution in [2.24, 2.45) is 5.92 Å². The van der Waals surface area contributed by atoms with Crippen LogP contribution < -0.4 is 9.47 Å². The average molecular weight is 428 g/mol. The summed E-state index contributed by atoms with van der Waals surface area (Å²) in [6, 6.07) is 11.0. The van der Waals surface area contributed by atoms with Gasteiger partial charge in [-0.2, -0.15) is 0 Å². The van der Waals surface area contributed by atoms with Crippen LogP contribution in [0.2, 0.25) is 0 Å². The number of carbonyl (C=O) groups excluding carboxylic acids is 2. The molecule has 0 radical (unpaired) electrons.